The number of carbonyl (C=O) groups is 1. The van der Waals surface area contributed by atoms with Crippen molar-refractivity contribution in [1.29, 1.82) is 0 Å². The minimum Gasteiger partial charge on any atom is -0.369 e. The average molecular weight is 330 g/mol. The highest BCUT2D eigenvalue weighted by Gasteiger charge is 2.23. The highest BCUT2D eigenvalue weighted by molar-refractivity contribution is 5.97. The maximum absolute atomic E-state index is 10.6. The average Bonchev–Trinajstić information content (AvgIpc) is 3.47. The monoisotopic (exact) mass is 330 g/mol. The van der Waals surface area contributed by atoms with E-state index in [4.69, 9.17) is 10.7 Å². The summed E-state index contributed by atoms with van der Waals surface area (Å²) in [6, 6.07) is 18.2. The molecule has 0 radical (unpaired) electrons. The van der Waals surface area contributed by atoms with E-state index in [1.54, 1.807) is 0 Å². The Balaban J connectivity index is 1.85. The zero-order chi connectivity index (χ0) is 17.2. The van der Waals surface area contributed by atoms with E-state index < -0.39 is 0 Å². The molecular formula is C20H18N4O. The van der Waals surface area contributed by atoms with Crippen molar-refractivity contribution in [2.24, 2.45) is 10.7 Å². The van der Waals surface area contributed by atoms with Gasteiger partial charge in [0.25, 0.3) is 0 Å². The molecule has 0 spiro atoms. The number of nitrogens with one attached hydrogen (secondary N) is 1. The zero-order valence-corrected chi connectivity index (χ0v) is 13.6. The van der Waals surface area contributed by atoms with Crippen molar-refractivity contribution in [3.05, 3.63) is 60.2 Å². The van der Waals surface area contributed by atoms with Crippen molar-refractivity contribution < 1.29 is 4.79 Å². The summed E-state index contributed by atoms with van der Waals surface area (Å²) < 4.78 is 0. The Hall–Kier alpha value is -3.21. The number of aromatic nitrogens is 1. The Kier molecular flexibility index (Phi) is 3.90. The lowest BCUT2D eigenvalue weighted by atomic mass is 10.0. The summed E-state index contributed by atoms with van der Waals surface area (Å²) in [4.78, 5) is 19.7. The van der Waals surface area contributed by atoms with Gasteiger partial charge in [0, 0.05) is 10.9 Å². The molecule has 25 heavy (non-hydrogen) atoms. The molecule has 1 aliphatic rings. The van der Waals surface area contributed by atoms with Gasteiger partial charge in [-0.05, 0) is 42.5 Å². The van der Waals surface area contributed by atoms with Gasteiger partial charge in [0.15, 0.2) is 5.96 Å². The molecule has 5 nitrogen and oxygen atoms in total. The summed E-state index contributed by atoms with van der Waals surface area (Å²) in [5.41, 5.74) is 10.6. The van der Waals surface area contributed by atoms with Crippen molar-refractivity contribution in [2.45, 2.75) is 18.8 Å². The third kappa shape index (κ3) is 3.21. The van der Waals surface area contributed by atoms with Gasteiger partial charge in [-0.15, -0.1) is 0 Å². The standard InChI is InChI=1S/C20H18N4O/c21-20(22-12-25)24-19-11-18(23-17-7-2-1-6-16(17)19)15-5-3-4-14(10-15)13-8-9-13/h1-7,10-13H,8-9H2,(H3,21,22,23,24,25). The second-order valence-electron chi connectivity index (χ2n) is 6.20. The lowest BCUT2D eigenvalue weighted by molar-refractivity contribution is -0.108. The normalized spacial score (nSPS) is 14.5. The maximum atomic E-state index is 10.6. The van der Waals surface area contributed by atoms with Gasteiger partial charge in [-0.3, -0.25) is 10.1 Å². The van der Waals surface area contributed by atoms with Crippen LogP contribution in [-0.2, 0) is 4.79 Å². The number of amides is 1. The molecule has 1 aliphatic carbocycles. The lowest BCUT2D eigenvalue weighted by Gasteiger charge is -2.09. The Morgan fingerprint density at radius 2 is 2.00 bits per heavy atom. The highest BCUT2D eigenvalue weighted by atomic mass is 16.1. The van der Waals surface area contributed by atoms with Crippen LogP contribution in [0.1, 0.15) is 24.3 Å². The first kappa shape index (κ1) is 15.3. The van der Waals surface area contributed by atoms with E-state index in [9.17, 15) is 4.79 Å². The first-order valence-corrected chi connectivity index (χ1v) is 8.29. The first-order chi connectivity index (χ1) is 12.2. The maximum Gasteiger partial charge on any atom is 0.213 e. The third-order valence-electron chi connectivity index (χ3n) is 4.37. The van der Waals surface area contributed by atoms with E-state index in [1.165, 1.54) is 18.4 Å². The largest absolute Gasteiger partial charge is 0.369 e. The number of aliphatic imine (C=N–C) groups is 1. The second-order valence-corrected chi connectivity index (χ2v) is 6.20. The number of guanidine groups is 1. The molecule has 1 saturated carbocycles. The van der Waals surface area contributed by atoms with Crippen LogP contribution in [0.5, 0.6) is 0 Å². The summed E-state index contributed by atoms with van der Waals surface area (Å²) in [5.74, 6) is 0.745. The summed E-state index contributed by atoms with van der Waals surface area (Å²) in [6.07, 6.45) is 3.04. The molecule has 1 fully saturated rings. The molecule has 0 aliphatic heterocycles. The number of nitrogens with zero attached hydrogens (tertiary/aromatic N) is 2. The molecule has 1 heterocycles. The molecule has 3 aromatic rings. The van der Waals surface area contributed by atoms with Gasteiger partial charge in [0.2, 0.25) is 6.41 Å². The van der Waals surface area contributed by atoms with Gasteiger partial charge in [0.05, 0.1) is 16.9 Å². The van der Waals surface area contributed by atoms with Crippen LogP contribution in [-0.4, -0.2) is 17.4 Å². The summed E-state index contributed by atoms with van der Waals surface area (Å²) in [6.45, 7) is 0. The Bertz CT molecular complexity index is 976. The number of carbonyl (C=O) groups excluding carboxylic acids is 1. The van der Waals surface area contributed by atoms with Crippen LogP contribution in [0.2, 0.25) is 0 Å². The predicted octanol–water partition coefficient (Wildman–Crippen LogP) is 3.47. The van der Waals surface area contributed by atoms with Crippen LogP contribution in [0.3, 0.4) is 0 Å². The minimum absolute atomic E-state index is 0.0593. The van der Waals surface area contributed by atoms with Gasteiger partial charge in [0.1, 0.15) is 0 Å². The molecule has 0 bridgehead atoms. The SMILES string of the molecule is NC(=Nc1cc(-c2cccc(C3CC3)c2)nc2ccccc12)NC=O. The lowest BCUT2D eigenvalue weighted by Crippen LogP contribution is -2.29. The Morgan fingerprint density at radius 3 is 2.80 bits per heavy atom. The molecular weight excluding hydrogens is 312 g/mol. The topological polar surface area (TPSA) is 80.4 Å². The zero-order valence-electron chi connectivity index (χ0n) is 13.6. The van der Waals surface area contributed by atoms with Crippen molar-refractivity contribution in [2.75, 3.05) is 0 Å². The molecule has 0 atom stereocenters. The smallest absolute Gasteiger partial charge is 0.213 e. The number of rotatable bonds is 4. The molecule has 2 aromatic carbocycles. The van der Waals surface area contributed by atoms with Crippen LogP contribution >= 0.6 is 0 Å². The van der Waals surface area contributed by atoms with Gasteiger partial charge >= 0.3 is 0 Å². The molecule has 1 amide bonds. The molecule has 0 unspecified atom stereocenters. The van der Waals surface area contributed by atoms with E-state index >= 15 is 0 Å². The van der Waals surface area contributed by atoms with Crippen LogP contribution in [0.4, 0.5) is 5.69 Å². The number of fused-ring (bicyclic) bond motifs is 1. The van der Waals surface area contributed by atoms with Gasteiger partial charge in [-0.2, -0.15) is 0 Å². The van der Waals surface area contributed by atoms with E-state index in [2.05, 4.69) is 34.6 Å². The fourth-order valence-corrected chi connectivity index (χ4v) is 2.99. The summed E-state index contributed by atoms with van der Waals surface area (Å²) in [5, 5.41) is 3.27. The molecule has 0 saturated heterocycles. The Labute approximate surface area is 145 Å². The van der Waals surface area contributed by atoms with Crippen LogP contribution < -0.4 is 11.1 Å². The van der Waals surface area contributed by atoms with Crippen molar-refractivity contribution in [1.82, 2.24) is 10.3 Å². The van der Waals surface area contributed by atoms with Gasteiger partial charge < -0.3 is 5.73 Å². The number of nitrogens with two attached hydrogens (primary N) is 1. The van der Waals surface area contributed by atoms with Crippen molar-refractivity contribution in [3.63, 3.8) is 0 Å². The molecule has 4 rings (SSSR count). The number of para-hydroxylation sites is 1. The number of pyridine rings is 1. The molecule has 124 valence electrons. The number of hydrogen-bond donors (Lipinski definition) is 2. The quantitative estimate of drug-likeness (QED) is 0.437. The fraction of sp³-hybridized carbons (Fsp3) is 0.150. The second kappa shape index (κ2) is 6.36. The van der Waals surface area contributed by atoms with Crippen LogP contribution in [0, 0.1) is 0 Å². The Morgan fingerprint density at radius 1 is 1.16 bits per heavy atom. The van der Waals surface area contributed by atoms with Crippen molar-refractivity contribution >= 4 is 29.0 Å². The summed E-state index contributed by atoms with van der Waals surface area (Å²) >= 11 is 0. The van der Waals surface area contributed by atoms with E-state index in [1.807, 2.05) is 30.3 Å². The fourth-order valence-electron chi connectivity index (χ4n) is 2.99. The van der Waals surface area contributed by atoms with Gasteiger partial charge in [-0.1, -0.05) is 36.4 Å². The third-order valence-corrected chi connectivity index (χ3v) is 4.37. The van der Waals surface area contributed by atoms with Crippen LogP contribution in [0.15, 0.2) is 59.6 Å². The first-order valence-electron chi connectivity index (χ1n) is 8.29. The van der Waals surface area contributed by atoms with E-state index in [0.29, 0.717) is 18.0 Å². The molecule has 3 N–H and O–H groups in total. The molecule has 1 aromatic heterocycles. The predicted molar refractivity (Wildman–Crippen MR) is 99.6 cm³/mol. The van der Waals surface area contributed by atoms with E-state index in [0.717, 1.165) is 22.2 Å². The van der Waals surface area contributed by atoms with Crippen LogP contribution in [0.25, 0.3) is 22.2 Å². The summed E-state index contributed by atoms with van der Waals surface area (Å²) in [7, 11) is 0. The van der Waals surface area contributed by atoms with Crippen molar-refractivity contribution in [3.8, 4) is 11.3 Å². The molecule has 5 heteroatoms. The number of benzene rings is 2. The minimum atomic E-state index is 0.0593. The number of hydrogen-bond acceptors (Lipinski definition) is 3. The highest BCUT2D eigenvalue weighted by Crippen LogP contribution is 2.41. The van der Waals surface area contributed by atoms with E-state index in [-0.39, 0.29) is 5.96 Å². The van der Waals surface area contributed by atoms with Gasteiger partial charge in [-0.25, -0.2) is 9.98 Å².